The molecule has 7 nitrogen and oxygen atoms in total. The molecule has 0 spiro atoms. The zero-order valence-electron chi connectivity index (χ0n) is 16.9. The van der Waals surface area contributed by atoms with Gasteiger partial charge in [-0.15, -0.1) is 0 Å². The molecule has 3 aromatic rings. The Bertz CT molecular complexity index is 1090. The van der Waals surface area contributed by atoms with Crippen LogP contribution in [0.3, 0.4) is 0 Å². The first kappa shape index (κ1) is 22.6. The molecule has 0 saturated heterocycles. The van der Waals surface area contributed by atoms with Gasteiger partial charge in [0.1, 0.15) is 5.75 Å². The summed E-state index contributed by atoms with van der Waals surface area (Å²) >= 11 is 0. The fourth-order valence-electron chi connectivity index (χ4n) is 2.41. The van der Waals surface area contributed by atoms with E-state index >= 15 is 0 Å². The molecule has 0 fully saturated rings. The number of rotatable bonds is 7. The summed E-state index contributed by atoms with van der Waals surface area (Å²) in [6.45, 7) is 2.86. The molecule has 3 aromatic carbocycles. The van der Waals surface area contributed by atoms with Crippen LogP contribution in [0.2, 0.25) is 0 Å². The summed E-state index contributed by atoms with van der Waals surface area (Å²) in [6, 6.07) is 19.6. The van der Waals surface area contributed by atoms with E-state index in [4.69, 9.17) is 0 Å². The molecular weight excluding hydrogens is 423 g/mol. The van der Waals surface area contributed by atoms with Crippen molar-refractivity contribution in [3.05, 3.63) is 72.8 Å². The zero-order valence-corrected chi connectivity index (χ0v) is 16.9. The number of anilines is 1. The highest BCUT2D eigenvalue weighted by atomic mass is 19.4. The number of alkyl halides is 3. The van der Waals surface area contributed by atoms with E-state index in [1.807, 2.05) is 31.2 Å². The van der Waals surface area contributed by atoms with Crippen molar-refractivity contribution in [3.63, 3.8) is 0 Å². The van der Waals surface area contributed by atoms with Crippen molar-refractivity contribution in [1.82, 2.24) is 0 Å². The maximum atomic E-state index is 12.2. The Balaban J connectivity index is 1.57. The monoisotopic (exact) mass is 441 g/mol. The maximum Gasteiger partial charge on any atom is 0.491 e. The molecular formula is C22H18F3N5O2. The molecule has 0 atom stereocenters. The van der Waals surface area contributed by atoms with E-state index in [0.717, 1.165) is 17.9 Å². The fourth-order valence-corrected chi connectivity index (χ4v) is 2.41. The Morgan fingerprint density at radius 3 is 1.50 bits per heavy atom. The topological polar surface area (TPSA) is 87.8 Å². The number of hydrogen-bond acceptors (Lipinski definition) is 7. The normalized spacial score (nSPS) is 11.8. The molecule has 0 amide bonds. The lowest BCUT2D eigenvalue weighted by atomic mass is 10.3. The largest absolute Gasteiger partial charge is 0.491 e. The molecule has 10 heteroatoms. The second-order valence-corrected chi connectivity index (χ2v) is 6.37. The van der Waals surface area contributed by atoms with Crippen LogP contribution in [-0.4, -0.2) is 18.7 Å². The number of benzene rings is 3. The molecule has 32 heavy (non-hydrogen) atoms. The van der Waals surface area contributed by atoms with Crippen molar-refractivity contribution in [2.24, 2.45) is 20.5 Å². The summed E-state index contributed by atoms with van der Waals surface area (Å²) in [5.41, 5.74) is 3.29. The van der Waals surface area contributed by atoms with Crippen LogP contribution in [0.5, 0.6) is 5.75 Å². The van der Waals surface area contributed by atoms with Gasteiger partial charge in [0, 0.05) is 12.2 Å². The summed E-state index contributed by atoms with van der Waals surface area (Å²) in [4.78, 5) is 10.8. The highest BCUT2D eigenvalue weighted by Crippen LogP contribution is 2.26. The minimum absolute atomic E-state index is 0.239. The predicted molar refractivity (Wildman–Crippen MR) is 114 cm³/mol. The second-order valence-electron chi connectivity index (χ2n) is 6.37. The van der Waals surface area contributed by atoms with E-state index in [1.54, 1.807) is 24.3 Å². The Morgan fingerprint density at radius 2 is 1.12 bits per heavy atom. The van der Waals surface area contributed by atoms with Gasteiger partial charge in [-0.1, -0.05) is 0 Å². The third kappa shape index (κ3) is 6.73. The number of azo groups is 2. The van der Waals surface area contributed by atoms with E-state index in [-0.39, 0.29) is 5.75 Å². The molecule has 0 bridgehead atoms. The third-order valence-electron chi connectivity index (χ3n) is 3.94. The van der Waals surface area contributed by atoms with Gasteiger partial charge in [0.2, 0.25) is 0 Å². The molecule has 0 aliphatic carbocycles. The van der Waals surface area contributed by atoms with Gasteiger partial charge in [-0.2, -0.15) is 33.6 Å². The fraction of sp³-hybridized carbons (Fsp3) is 0.136. The van der Waals surface area contributed by atoms with Crippen molar-refractivity contribution in [3.8, 4) is 5.75 Å². The minimum Gasteiger partial charge on any atom is -0.420 e. The van der Waals surface area contributed by atoms with Gasteiger partial charge in [-0.3, -0.25) is 0 Å². The standard InChI is InChI=1S/C22H18F3N5O2/c1-2-26-15-3-5-16(6-4-15)27-28-17-7-9-18(10-8-17)29-30-19-11-13-20(14-12-19)32-21(31)22(23,24)25/h3-14,26H,2H2,1H3. The Labute approximate surface area is 181 Å². The molecule has 3 rings (SSSR count). The lowest BCUT2D eigenvalue weighted by molar-refractivity contribution is -0.189. The van der Waals surface area contributed by atoms with Gasteiger partial charge in [0.05, 0.1) is 22.7 Å². The molecule has 0 aliphatic rings. The highest BCUT2D eigenvalue weighted by molar-refractivity contribution is 5.78. The van der Waals surface area contributed by atoms with E-state index in [2.05, 4.69) is 30.5 Å². The van der Waals surface area contributed by atoms with E-state index in [0.29, 0.717) is 17.1 Å². The van der Waals surface area contributed by atoms with Crippen molar-refractivity contribution in [1.29, 1.82) is 0 Å². The summed E-state index contributed by atoms with van der Waals surface area (Å²) in [6.07, 6.45) is -5.05. The smallest absolute Gasteiger partial charge is 0.420 e. The van der Waals surface area contributed by atoms with Gasteiger partial charge in [-0.25, -0.2) is 4.79 Å². The first-order valence-electron chi connectivity index (χ1n) is 9.50. The first-order chi connectivity index (χ1) is 15.3. The molecule has 0 aliphatic heterocycles. The minimum atomic E-state index is -5.05. The number of halogens is 3. The Morgan fingerprint density at radius 1 is 0.750 bits per heavy atom. The summed E-state index contributed by atoms with van der Waals surface area (Å²) in [5.74, 6) is -2.52. The van der Waals surface area contributed by atoms with Crippen molar-refractivity contribution in [2.75, 3.05) is 11.9 Å². The van der Waals surface area contributed by atoms with Gasteiger partial charge in [-0.05, 0) is 79.7 Å². The lowest BCUT2D eigenvalue weighted by Gasteiger charge is -2.06. The van der Waals surface area contributed by atoms with Crippen LogP contribution < -0.4 is 10.1 Å². The Hall–Kier alpha value is -4.08. The SMILES string of the molecule is CCNc1ccc(N=Nc2ccc(N=Nc3ccc(OC(=O)C(F)(F)F)cc3)cc2)cc1. The molecule has 0 unspecified atom stereocenters. The van der Waals surface area contributed by atoms with Gasteiger partial charge in [0.15, 0.2) is 0 Å². The predicted octanol–water partition coefficient (Wildman–Crippen LogP) is 7.42. The number of hydrogen-bond donors (Lipinski definition) is 1. The number of ether oxygens (including phenoxy) is 1. The van der Waals surface area contributed by atoms with Crippen LogP contribution in [-0.2, 0) is 4.79 Å². The van der Waals surface area contributed by atoms with Crippen molar-refractivity contribution >= 4 is 34.4 Å². The van der Waals surface area contributed by atoms with E-state index in [9.17, 15) is 18.0 Å². The maximum absolute atomic E-state index is 12.2. The quantitative estimate of drug-likeness (QED) is 0.235. The molecule has 0 saturated carbocycles. The number of nitrogens with zero attached hydrogens (tertiary/aromatic N) is 4. The zero-order chi connectivity index (χ0) is 23.0. The number of carbonyl (C=O) groups excluding carboxylic acids is 1. The van der Waals surface area contributed by atoms with Gasteiger partial charge < -0.3 is 10.1 Å². The van der Waals surface area contributed by atoms with E-state index < -0.39 is 12.1 Å². The molecule has 0 heterocycles. The highest BCUT2D eigenvalue weighted by Gasteiger charge is 2.41. The van der Waals surface area contributed by atoms with Crippen molar-refractivity contribution < 1.29 is 22.7 Å². The third-order valence-corrected chi connectivity index (χ3v) is 3.94. The molecule has 1 N–H and O–H groups in total. The lowest BCUT2D eigenvalue weighted by Crippen LogP contribution is -2.27. The van der Waals surface area contributed by atoms with Gasteiger partial charge >= 0.3 is 12.1 Å². The average molecular weight is 441 g/mol. The Kier molecular flexibility index (Phi) is 7.27. The van der Waals surface area contributed by atoms with Crippen LogP contribution in [0.25, 0.3) is 0 Å². The summed E-state index contributed by atoms with van der Waals surface area (Å²) in [5, 5.41) is 19.6. The summed E-state index contributed by atoms with van der Waals surface area (Å²) < 4.78 is 40.8. The average Bonchev–Trinajstić information content (AvgIpc) is 2.78. The summed E-state index contributed by atoms with van der Waals surface area (Å²) in [7, 11) is 0. The number of nitrogens with one attached hydrogen (secondary N) is 1. The van der Waals surface area contributed by atoms with Gasteiger partial charge in [0.25, 0.3) is 0 Å². The first-order valence-corrected chi connectivity index (χ1v) is 9.50. The molecule has 164 valence electrons. The molecule has 0 radical (unpaired) electrons. The van der Waals surface area contributed by atoms with Crippen LogP contribution in [0.15, 0.2) is 93.3 Å². The van der Waals surface area contributed by atoms with Crippen LogP contribution in [0.4, 0.5) is 41.6 Å². The van der Waals surface area contributed by atoms with Crippen molar-refractivity contribution in [2.45, 2.75) is 13.1 Å². The van der Waals surface area contributed by atoms with E-state index in [1.165, 1.54) is 24.3 Å². The number of esters is 1. The number of carbonyl (C=O) groups is 1. The van der Waals surface area contributed by atoms with Crippen LogP contribution in [0, 0.1) is 0 Å². The second kappa shape index (κ2) is 10.3. The molecule has 0 aromatic heterocycles. The van der Waals surface area contributed by atoms with Crippen LogP contribution >= 0.6 is 0 Å². The van der Waals surface area contributed by atoms with Crippen LogP contribution in [0.1, 0.15) is 6.92 Å².